The first-order valence-corrected chi connectivity index (χ1v) is 8.66. The summed E-state index contributed by atoms with van der Waals surface area (Å²) in [5.74, 6) is -1.90. The average molecular weight is 412 g/mol. The van der Waals surface area contributed by atoms with Crippen LogP contribution in [0.5, 0.6) is 0 Å². The van der Waals surface area contributed by atoms with E-state index in [1.807, 2.05) is 0 Å². The molecule has 1 aromatic heterocycles. The molecular weight excluding hydrogens is 392 g/mol. The molecule has 1 fully saturated rings. The van der Waals surface area contributed by atoms with Gasteiger partial charge in [-0.2, -0.15) is 0 Å². The second kappa shape index (κ2) is 8.93. The number of hydrogen-bond donors (Lipinski definition) is 1. The van der Waals surface area contributed by atoms with Crippen molar-refractivity contribution in [1.82, 2.24) is 4.57 Å². The maximum atomic E-state index is 12.5. The summed E-state index contributed by atoms with van der Waals surface area (Å²) >= 11 is 4.85. The number of esters is 3. The van der Waals surface area contributed by atoms with Gasteiger partial charge >= 0.3 is 17.9 Å². The van der Waals surface area contributed by atoms with Crippen LogP contribution in [0, 0.1) is 0 Å². The molecule has 2 N–H and O–H groups in total. The number of pyridine rings is 1. The van der Waals surface area contributed by atoms with E-state index in [4.69, 9.17) is 36.9 Å². The van der Waals surface area contributed by atoms with Crippen molar-refractivity contribution >= 4 is 35.1 Å². The molecule has 1 aromatic rings. The summed E-state index contributed by atoms with van der Waals surface area (Å²) in [5.41, 5.74) is 5.35. The Morgan fingerprint density at radius 1 is 1.14 bits per heavy atom. The summed E-state index contributed by atoms with van der Waals surface area (Å²) in [5, 5.41) is 0. The molecule has 0 aliphatic carbocycles. The molecule has 10 nitrogen and oxygen atoms in total. The van der Waals surface area contributed by atoms with Gasteiger partial charge in [0.2, 0.25) is 0 Å². The van der Waals surface area contributed by atoms with Crippen molar-refractivity contribution in [2.45, 2.75) is 45.3 Å². The quantitative estimate of drug-likeness (QED) is 0.380. The largest absolute Gasteiger partial charge is 0.463 e. The number of hydrogen-bond acceptors (Lipinski definition) is 9. The van der Waals surface area contributed by atoms with Crippen LogP contribution in [0.4, 0.5) is 0 Å². The van der Waals surface area contributed by atoms with Gasteiger partial charge in [-0.3, -0.25) is 23.7 Å². The fourth-order valence-electron chi connectivity index (χ4n) is 2.77. The Morgan fingerprint density at radius 3 is 2.25 bits per heavy atom. The zero-order chi connectivity index (χ0) is 21.0. The third kappa shape index (κ3) is 5.14. The number of carbonyl (C=O) groups excluding carboxylic acids is 3. The van der Waals surface area contributed by atoms with Gasteiger partial charge in [0.05, 0.1) is 0 Å². The SMILES string of the molecule is CC(=O)OC[C@H]1O[C@@H](n2ccc(C(N)=S)cc2=O)[C@H](OC(C)=O)[C@@H]1OC(C)=O. The van der Waals surface area contributed by atoms with Crippen molar-refractivity contribution in [1.29, 1.82) is 0 Å². The molecule has 0 spiro atoms. The van der Waals surface area contributed by atoms with Gasteiger partial charge in [-0.1, -0.05) is 12.2 Å². The Bertz CT molecular complexity index is 852. The van der Waals surface area contributed by atoms with Crippen LogP contribution in [0.1, 0.15) is 32.6 Å². The second-order valence-corrected chi connectivity index (χ2v) is 6.48. The van der Waals surface area contributed by atoms with E-state index < -0.39 is 48.0 Å². The van der Waals surface area contributed by atoms with Crippen LogP contribution >= 0.6 is 12.2 Å². The van der Waals surface area contributed by atoms with Crippen molar-refractivity contribution in [3.8, 4) is 0 Å². The van der Waals surface area contributed by atoms with Gasteiger partial charge in [0, 0.05) is 38.6 Å². The average Bonchev–Trinajstić information content (AvgIpc) is 2.89. The lowest BCUT2D eigenvalue weighted by Crippen LogP contribution is -2.41. The van der Waals surface area contributed by atoms with E-state index >= 15 is 0 Å². The number of nitrogens with two attached hydrogens (primary N) is 1. The Kier molecular flexibility index (Phi) is 6.86. The predicted octanol–water partition coefficient (Wildman–Crippen LogP) is -0.194. The molecule has 4 atom stereocenters. The fourth-order valence-corrected chi connectivity index (χ4v) is 2.90. The van der Waals surface area contributed by atoms with E-state index in [9.17, 15) is 19.2 Å². The smallest absolute Gasteiger partial charge is 0.303 e. The van der Waals surface area contributed by atoms with Gasteiger partial charge in [0.1, 0.15) is 17.7 Å². The topological polar surface area (TPSA) is 136 Å². The highest BCUT2D eigenvalue weighted by Crippen LogP contribution is 2.33. The zero-order valence-electron chi connectivity index (χ0n) is 15.4. The van der Waals surface area contributed by atoms with E-state index in [0.717, 1.165) is 4.57 Å². The van der Waals surface area contributed by atoms with Gasteiger partial charge < -0.3 is 24.7 Å². The Balaban J connectivity index is 2.43. The first-order valence-electron chi connectivity index (χ1n) is 8.25. The number of aromatic nitrogens is 1. The van der Waals surface area contributed by atoms with Crippen molar-refractivity contribution in [3.05, 3.63) is 34.2 Å². The maximum Gasteiger partial charge on any atom is 0.303 e. The van der Waals surface area contributed by atoms with Gasteiger partial charge in [0.15, 0.2) is 18.4 Å². The normalized spacial score (nSPS) is 23.7. The molecule has 0 aromatic carbocycles. The van der Waals surface area contributed by atoms with Gasteiger partial charge in [-0.05, 0) is 6.07 Å². The van der Waals surface area contributed by atoms with Crippen molar-refractivity contribution in [2.75, 3.05) is 6.61 Å². The Hall–Kier alpha value is -2.79. The minimum Gasteiger partial charge on any atom is -0.463 e. The molecule has 2 rings (SSSR count). The van der Waals surface area contributed by atoms with Gasteiger partial charge in [-0.15, -0.1) is 0 Å². The van der Waals surface area contributed by atoms with Gasteiger partial charge in [0.25, 0.3) is 5.56 Å². The third-order valence-electron chi connectivity index (χ3n) is 3.85. The fraction of sp³-hybridized carbons (Fsp3) is 0.471. The lowest BCUT2D eigenvalue weighted by atomic mass is 10.1. The molecule has 0 radical (unpaired) electrons. The summed E-state index contributed by atoms with van der Waals surface area (Å²) in [4.78, 5) is 46.8. The van der Waals surface area contributed by atoms with E-state index in [2.05, 4.69) is 0 Å². The van der Waals surface area contributed by atoms with Crippen molar-refractivity contribution < 1.29 is 33.3 Å². The van der Waals surface area contributed by atoms with Crippen LogP contribution in [0.15, 0.2) is 23.1 Å². The lowest BCUT2D eigenvalue weighted by molar-refractivity contribution is -0.166. The summed E-state index contributed by atoms with van der Waals surface area (Å²) in [6.07, 6.45) is -2.94. The molecule has 0 saturated carbocycles. The summed E-state index contributed by atoms with van der Waals surface area (Å²) < 4.78 is 22.4. The van der Waals surface area contributed by atoms with Gasteiger partial charge in [-0.25, -0.2) is 0 Å². The first kappa shape index (κ1) is 21.5. The molecule has 11 heteroatoms. The van der Waals surface area contributed by atoms with Crippen LogP contribution in [-0.4, -0.2) is 52.4 Å². The monoisotopic (exact) mass is 412 g/mol. The highest BCUT2D eigenvalue weighted by Gasteiger charge is 2.50. The van der Waals surface area contributed by atoms with E-state index in [0.29, 0.717) is 5.56 Å². The highest BCUT2D eigenvalue weighted by molar-refractivity contribution is 7.80. The minimum absolute atomic E-state index is 0.0404. The number of rotatable bonds is 6. The van der Waals surface area contributed by atoms with Crippen LogP contribution in [0.2, 0.25) is 0 Å². The Morgan fingerprint density at radius 2 is 1.75 bits per heavy atom. The van der Waals surface area contributed by atoms with Crippen molar-refractivity contribution in [3.63, 3.8) is 0 Å². The summed E-state index contributed by atoms with van der Waals surface area (Å²) in [6.45, 7) is 3.28. The van der Waals surface area contributed by atoms with Crippen LogP contribution in [0.25, 0.3) is 0 Å². The maximum absolute atomic E-state index is 12.5. The number of thiocarbonyl (C=S) groups is 1. The third-order valence-corrected chi connectivity index (χ3v) is 4.08. The van der Waals surface area contributed by atoms with Crippen LogP contribution < -0.4 is 11.3 Å². The molecule has 0 unspecified atom stereocenters. The lowest BCUT2D eigenvalue weighted by Gasteiger charge is -2.24. The molecular formula is C17H20N2O8S. The minimum atomic E-state index is -1.14. The highest BCUT2D eigenvalue weighted by atomic mass is 32.1. The van der Waals surface area contributed by atoms with E-state index in [1.165, 1.54) is 39.1 Å². The van der Waals surface area contributed by atoms with Crippen LogP contribution in [0.3, 0.4) is 0 Å². The number of ether oxygens (including phenoxy) is 4. The summed E-state index contributed by atoms with van der Waals surface area (Å²) in [7, 11) is 0. The summed E-state index contributed by atoms with van der Waals surface area (Å²) in [6, 6.07) is 2.70. The molecule has 2 heterocycles. The van der Waals surface area contributed by atoms with E-state index in [-0.39, 0.29) is 11.6 Å². The molecule has 1 aliphatic heterocycles. The number of nitrogens with zero attached hydrogens (tertiary/aromatic N) is 1. The van der Waals surface area contributed by atoms with E-state index in [1.54, 1.807) is 0 Å². The zero-order valence-corrected chi connectivity index (χ0v) is 16.3. The molecule has 0 amide bonds. The second-order valence-electron chi connectivity index (χ2n) is 6.04. The van der Waals surface area contributed by atoms with Crippen molar-refractivity contribution in [2.24, 2.45) is 5.73 Å². The molecule has 28 heavy (non-hydrogen) atoms. The molecule has 1 saturated heterocycles. The molecule has 0 bridgehead atoms. The standard InChI is InChI=1S/C17H20N2O8S/c1-8(20)24-7-12-14(25-9(2)21)15(26-10(3)22)17(27-12)19-5-4-11(16(18)28)6-13(19)23/h4-6,12,14-15,17H,7H2,1-3H3,(H2,18,28)/t12-,14-,15-,17-/m1/s1. The number of carbonyl (C=O) groups is 3. The first-order chi connectivity index (χ1) is 13.1. The Labute approximate surface area is 165 Å². The van der Waals surface area contributed by atoms with Crippen LogP contribution in [-0.2, 0) is 33.3 Å². The predicted molar refractivity (Wildman–Crippen MR) is 98.2 cm³/mol. The molecule has 1 aliphatic rings. The molecule has 152 valence electrons.